The molecule has 3 heterocycles. The van der Waals surface area contributed by atoms with Gasteiger partial charge in [0, 0.05) is 29.9 Å². The molecule has 0 spiro atoms. The summed E-state index contributed by atoms with van der Waals surface area (Å²) in [6.45, 7) is 0. The van der Waals surface area contributed by atoms with E-state index in [1.807, 2.05) is 18.5 Å². The minimum atomic E-state index is -0.226. The molecule has 152 valence electrons. The maximum Gasteiger partial charge on any atom is 0.233 e. The summed E-state index contributed by atoms with van der Waals surface area (Å²) in [6.07, 6.45) is 11.6. The van der Waals surface area contributed by atoms with Crippen molar-refractivity contribution in [2.24, 2.45) is 5.92 Å². The number of carbonyl (C=O) groups is 1. The van der Waals surface area contributed by atoms with Crippen molar-refractivity contribution in [3.05, 3.63) is 78.1 Å². The first-order valence-corrected chi connectivity index (χ1v) is 11.4. The predicted molar refractivity (Wildman–Crippen MR) is 119 cm³/mol. The summed E-state index contributed by atoms with van der Waals surface area (Å²) < 4.78 is 0. The zero-order valence-electron chi connectivity index (χ0n) is 17.3. The lowest BCUT2D eigenvalue weighted by Crippen LogP contribution is -2.50. The first-order chi connectivity index (χ1) is 14.7. The number of pyridine rings is 1. The molecule has 2 aromatic carbocycles. The topological polar surface area (TPSA) is 33.2 Å². The summed E-state index contributed by atoms with van der Waals surface area (Å²) in [5, 5.41) is 2.56. The highest BCUT2D eigenvalue weighted by molar-refractivity contribution is 5.92. The molecule has 3 aromatic rings. The summed E-state index contributed by atoms with van der Waals surface area (Å²) in [7, 11) is 0. The maximum absolute atomic E-state index is 13.7. The molecule has 2 aliphatic heterocycles. The molecule has 1 saturated carbocycles. The van der Waals surface area contributed by atoms with Crippen LogP contribution in [-0.2, 0) is 16.6 Å². The van der Waals surface area contributed by atoms with Crippen LogP contribution in [0.15, 0.2) is 67.0 Å². The standard InChI is InChI=1S/C27H28N2O/c30-26(27(12-13-27)22-7-2-1-3-8-22)29-23-9-10-24(29)17-19(16-23)15-21-6-4-5-20-11-14-28-18-25(20)21/h1-8,11,14,18-19,23-24H,9-10,12-13,15-17H2. The van der Waals surface area contributed by atoms with Crippen molar-refractivity contribution >= 4 is 16.7 Å². The van der Waals surface area contributed by atoms with Crippen molar-refractivity contribution in [3.63, 3.8) is 0 Å². The Morgan fingerprint density at radius 3 is 2.47 bits per heavy atom. The summed E-state index contributed by atoms with van der Waals surface area (Å²) in [6, 6.07) is 20.0. The molecular weight excluding hydrogens is 368 g/mol. The van der Waals surface area contributed by atoms with Crippen LogP contribution in [0.1, 0.15) is 49.7 Å². The van der Waals surface area contributed by atoms with Crippen LogP contribution >= 0.6 is 0 Å². The summed E-state index contributed by atoms with van der Waals surface area (Å²) >= 11 is 0. The van der Waals surface area contributed by atoms with Gasteiger partial charge in [0.25, 0.3) is 0 Å². The smallest absolute Gasteiger partial charge is 0.233 e. The molecule has 3 fully saturated rings. The van der Waals surface area contributed by atoms with Gasteiger partial charge in [-0.1, -0.05) is 48.5 Å². The highest BCUT2D eigenvalue weighted by Crippen LogP contribution is 2.52. The van der Waals surface area contributed by atoms with Crippen LogP contribution < -0.4 is 0 Å². The molecule has 30 heavy (non-hydrogen) atoms. The lowest BCUT2D eigenvalue weighted by molar-refractivity contribution is -0.139. The molecule has 3 heteroatoms. The van der Waals surface area contributed by atoms with E-state index in [0.29, 0.717) is 23.9 Å². The Balaban J connectivity index is 1.22. The number of aromatic nitrogens is 1. The molecule has 2 bridgehead atoms. The molecule has 3 nitrogen and oxygen atoms in total. The van der Waals surface area contributed by atoms with Gasteiger partial charge in [-0.3, -0.25) is 9.78 Å². The van der Waals surface area contributed by atoms with E-state index >= 15 is 0 Å². The van der Waals surface area contributed by atoms with Crippen molar-refractivity contribution in [2.75, 3.05) is 0 Å². The van der Waals surface area contributed by atoms with Crippen LogP contribution in [0, 0.1) is 5.92 Å². The average Bonchev–Trinajstić information content (AvgIpc) is 3.55. The Morgan fingerprint density at radius 2 is 1.73 bits per heavy atom. The molecule has 3 aliphatic rings. The lowest BCUT2D eigenvalue weighted by atomic mass is 9.83. The fourth-order valence-electron chi connectivity index (χ4n) is 6.21. The van der Waals surface area contributed by atoms with Crippen molar-refractivity contribution in [1.29, 1.82) is 0 Å². The molecular formula is C27H28N2O. The molecule has 1 amide bonds. The first-order valence-electron chi connectivity index (χ1n) is 11.4. The molecule has 1 aromatic heterocycles. The second-order valence-corrected chi connectivity index (χ2v) is 9.60. The van der Waals surface area contributed by atoms with Crippen molar-refractivity contribution < 1.29 is 4.79 Å². The van der Waals surface area contributed by atoms with Gasteiger partial charge in [-0.05, 0) is 73.4 Å². The van der Waals surface area contributed by atoms with Crippen molar-refractivity contribution in [3.8, 4) is 0 Å². The highest BCUT2D eigenvalue weighted by atomic mass is 16.2. The fourth-order valence-corrected chi connectivity index (χ4v) is 6.21. The summed E-state index contributed by atoms with van der Waals surface area (Å²) in [5.74, 6) is 1.07. The van der Waals surface area contributed by atoms with Crippen molar-refractivity contribution in [2.45, 2.75) is 62.4 Å². The number of hydrogen-bond acceptors (Lipinski definition) is 2. The van der Waals surface area contributed by atoms with Gasteiger partial charge in [-0.2, -0.15) is 0 Å². The Morgan fingerprint density at radius 1 is 0.967 bits per heavy atom. The van der Waals surface area contributed by atoms with E-state index in [1.165, 1.54) is 34.7 Å². The lowest BCUT2D eigenvalue weighted by Gasteiger charge is -2.41. The third-order valence-corrected chi connectivity index (χ3v) is 7.83. The fraction of sp³-hybridized carbons (Fsp3) is 0.407. The number of benzene rings is 2. The molecule has 1 aliphatic carbocycles. The van der Waals surface area contributed by atoms with Crippen LogP contribution in [-0.4, -0.2) is 27.9 Å². The summed E-state index contributed by atoms with van der Waals surface area (Å²) in [5.41, 5.74) is 2.41. The largest absolute Gasteiger partial charge is 0.336 e. The maximum atomic E-state index is 13.7. The third-order valence-electron chi connectivity index (χ3n) is 7.83. The van der Waals surface area contributed by atoms with Crippen LogP contribution in [0.25, 0.3) is 10.8 Å². The summed E-state index contributed by atoms with van der Waals surface area (Å²) in [4.78, 5) is 20.4. The van der Waals surface area contributed by atoms with Gasteiger partial charge in [0.1, 0.15) is 0 Å². The Kier molecular flexibility index (Phi) is 4.19. The molecule has 6 rings (SSSR count). The first kappa shape index (κ1) is 18.1. The quantitative estimate of drug-likeness (QED) is 0.601. The van der Waals surface area contributed by atoms with Crippen LogP contribution in [0.5, 0.6) is 0 Å². The minimum absolute atomic E-state index is 0.226. The van der Waals surface area contributed by atoms with E-state index in [-0.39, 0.29) is 5.41 Å². The molecule has 2 unspecified atom stereocenters. The number of hydrogen-bond donors (Lipinski definition) is 0. The van der Waals surface area contributed by atoms with E-state index in [0.717, 1.165) is 32.1 Å². The zero-order valence-corrected chi connectivity index (χ0v) is 17.3. The average molecular weight is 397 g/mol. The van der Waals surface area contributed by atoms with Gasteiger partial charge in [-0.15, -0.1) is 0 Å². The SMILES string of the molecule is O=C(N1C2CCC1CC(Cc1cccc3ccncc13)C2)C1(c2ccccc2)CC1. The van der Waals surface area contributed by atoms with E-state index < -0.39 is 0 Å². The second-order valence-electron chi connectivity index (χ2n) is 9.60. The number of piperidine rings is 1. The molecule has 2 saturated heterocycles. The van der Waals surface area contributed by atoms with Crippen LogP contribution in [0.2, 0.25) is 0 Å². The van der Waals surface area contributed by atoms with Crippen LogP contribution in [0.4, 0.5) is 0 Å². The zero-order chi connectivity index (χ0) is 20.1. The number of rotatable bonds is 4. The Hall–Kier alpha value is -2.68. The Labute approximate surface area is 178 Å². The monoisotopic (exact) mass is 396 g/mol. The normalized spacial score (nSPS) is 26.7. The van der Waals surface area contributed by atoms with E-state index in [4.69, 9.17) is 0 Å². The van der Waals surface area contributed by atoms with Gasteiger partial charge in [0.15, 0.2) is 0 Å². The molecule has 0 radical (unpaired) electrons. The van der Waals surface area contributed by atoms with E-state index in [1.54, 1.807) is 0 Å². The van der Waals surface area contributed by atoms with Crippen molar-refractivity contribution in [1.82, 2.24) is 9.88 Å². The van der Waals surface area contributed by atoms with Gasteiger partial charge in [0.2, 0.25) is 5.91 Å². The highest BCUT2D eigenvalue weighted by Gasteiger charge is 2.56. The second kappa shape index (κ2) is 6.94. The number of nitrogens with zero attached hydrogens (tertiary/aromatic N) is 2. The van der Waals surface area contributed by atoms with E-state index in [9.17, 15) is 4.79 Å². The Bertz CT molecular complexity index is 1070. The number of amides is 1. The third kappa shape index (κ3) is 2.86. The van der Waals surface area contributed by atoms with Gasteiger partial charge in [0.05, 0.1) is 5.41 Å². The van der Waals surface area contributed by atoms with Gasteiger partial charge < -0.3 is 4.90 Å². The minimum Gasteiger partial charge on any atom is -0.336 e. The number of fused-ring (bicyclic) bond motifs is 3. The van der Waals surface area contributed by atoms with E-state index in [2.05, 4.69) is 58.4 Å². The number of carbonyl (C=O) groups excluding carboxylic acids is 1. The van der Waals surface area contributed by atoms with Crippen LogP contribution in [0.3, 0.4) is 0 Å². The van der Waals surface area contributed by atoms with Gasteiger partial charge in [-0.25, -0.2) is 0 Å². The predicted octanol–water partition coefficient (Wildman–Crippen LogP) is 5.28. The molecule has 2 atom stereocenters. The van der Waals surface area contributed by atoms with Gasteiger partial charge >= 0.3 is 0 Å². The molecule has 0 N–H and O–H groups in total.